The number of halogens is 1. The first kappa shape index (κ1) is 16.8. The van der Waals surface area contributed by atoms with Gasteiger partial charge in [-0.1, -0.05) is 41.6 Å². The molecule has 0 aliphatic carbocycles. The Bertz CT molecular complexity index is 1010. The molecule has 2 heterocycles. The van der Waals surface area contributed by atoms with Gasteiger partial charge in [0.25, 0.3) is 0 Å². The molecule has 2 aromatic carbocycles. The molecule has 0 atom stereocenters. The van der Waals surface area contributed by atoms with E-state index < -0.39 is 0 Å². The molecule has 0 radical (unpaired) electrons. The minimum Gasteiger partial charge on any atom is -0.441 e. The molecule has 0 aliphatic heterocycles. The summed E-state index contributed by atoms with van der Waals surface area (Å²) in [5.41, 5.74) is 2.68. The Morgan fingerprint density at radius 2 is 1.85 bits per heavy atom. The lowest BCUT2D eigenvalue weighted by Gasteiger charge is -2.03. The number of aromatic nitrogens is 5. The molecule has 0 bridgehead atoms. The van der Waals surface area contributed by atoms with E-state index in [-0.39, 0.29) is 0 Å². The highest BCUT2D eigenvalue weighted by Gasteiger charge is 2.14. The average Bonchev–Trinajstić information content (AvgIpc) is 3.28. The number of benzene rings is 2. The molecule has 0 saturated heterocycles. The lowest BCUT2D eigenvalue weighted by atomic mass is 10.2. The zero-order valence-corrected chi connectivity index (χ0v) is 15.4. The molecule has 0 fully saturated rings. The first-order chi connectivity index (χ1) is 12.7. The monoisotopic (exact) mass is 383 g/mol. The molecule has 0 aliphatic rings. The van der Waals surface area contributed by atoms with Crippen LogP contribution in [0.3, 0.4) is 0 Å². The van der Waals surface area contributed by atoms with Crippen LogP contribution in [0.1, 0.15) is 11.5 Å². The van der Waals surface area contributed by atoms with Gasteiger partial charge in [-0.3, -0.25) is 0 Å². The molecular formula is C18H14ClN5OS. The van der Waals surface area contributed by atoms with E-state index in [4.69, 9.17) is 16.0 Å². The Labute approximate surface area is 159 Å². The molecule has 0 N–H and O–H groups in total. The zero-order valence-electron chi connectivity index (χ0n) is 13.8. The molecule has 0 amide bonds. The van der Waals surface area contributed by atoms with Gasteiger partial charge in [0.15, 0.2) is 0 Å². The van der Waals surface area contributed by atoms with Crippen molar-refractivity contribution in [2.75, 3.05) is 0 Å². The van der Waals surface area contributed by atoms with Crippen molar-refractivity contribution in [1.82, 2.24) is 25.2 Å². The Hall–Kier alpha value is -2.64. The second-order valence-corrected chi connectivity index (χ2v) is 6.91. The van der Waals surface area contributed by atoms with Crippen molar-refractivity contribution < 1.29 is 4.42 Å². The summed E-state index contributed by atoms with van der Waals surface area (Å²) in [6.07, 6.45) is 0. The molecule has 8 heteroatoms. The van der Waals surface area contributed by atoms with Gasteiger partial charge in [-0.2, -0.15) is 4.68 Å². The normalized spacial score (nSPS) is 11.0. The number of tetrazole rings is 1. The minimum atomic E-state index is 0.607. The Kier molecular flexibility index (Phi) is 4.73. The van der Waals surface area contributed by atoms with Crippen LogP contribution < -0.4 is 0 Å². The molecule has 0 spiro atoms. The number of thioether (sulfide) groups is 1. The second-order valence-electron chi connectivity index (χ2n) is 5.53. The third-order valence-corrected chi connectivity index (χ3v) is 4.95. The molecule has 4 rings (SSSR count). The molecule has 0 saturated carbocycles. The summed E-state index contributed by atoms with van der Waals surface area (Å²) >= 11 is 7.44. The largest absolute Gasteiger partial charge is 0.441 e. The predicted octanol–water partition coefficient (Wildman–Crippen LogP) is 4.57. The molecule has 4 aromatic rings. The summed E-state index contributed by atoms with van der Waals surface area (Å²) < 4.78 is 7.48. The maximum Gasteiger partial charge on any atom is 0.226 e. The van der Waals surface area contributed by atoms with E-state index in [1.807, 2.05) is 49.4 Å². The van der Waals surface area contributed by atoms with Crippen molar-refractivity contribution in [3.05, 3.63) is 71.1 Å². The third kappa shape index (κ3) is 3.49. The van der Waals surface area contributed by atoms with E-state index in [0.29, 0.717) is 21.8 Å². The maximum absolute atomic E-state index is 5.94. The first-order valence-corrected chi connectivity index (χ1v) is 9.26. The van der Waals surface area contributed by atoms with Crippen LogP contribution in [0, 0.1) is 6.92 Å². The third-order valence-electron chi connectivity index (χ3n) is 3.76. The molecule has 130 valence electrons. The predicted molar refractivity (Wildman–Crippen MR) is 100 cm³/mol. The summed E-state index contributed by atoms with van der Waals surface area (Å²) in [7, 11) is 0. The van der Waals surface area contributed by atoms with E-state index in [0.717, 1.165) is 22.7 Å². The van der Waals surface area contributed by atoms with Gasteiger partial charge in [-0.05, 0) is 53.7 Å². The fourth-order valence-corrected chi connectivity index (χ4v) is 3.43. The van der Waals surface area contributed by atoms with E-state index in [2.05, 4.69) is 20.5 Å². The van der Waals surface area contributed by atoms with Gasteiger partial charge in [0.05, 0.1) is 11.4 Å². The van der Waals surface area contributed by atoms with Crippen molar-refractivity contribution in [3.63, 3.8) is 0 Å². The van der Waals surface area contributed by atoms with Crippen LogP contribution in [-0.4, -0.2) is 25.2 Å². The lowest BCUT2D eigenvalue weighted by molar-refractivity contribution is 0.540. The highest BCUT2D eigenvalue weighted by Crippen LogP contribution is 2.27. The number of hydrogen-bond acceptors (Lipinski definition) is 6. The van der Waals surface area contributed by atoms with Crippen LogP contribution in [0.2, 0.25) is 5.02 Å². The number of aryl methyl sites for hydroxylation is 1. The molecule has 0 unspecified atom stereocenters. The van der Waals surface area contributed by atoms with Crippen LogP contribution in [0.25, 0.3) is 17.1 Å². The average molecular weight is 384 g/mol. The van der Waals surface area contributed by atoms with Crippen LogP contribution in [0.5, 0.6) is 0 Å². The number of oxazole rings is 1. The Balaban J connectivity index is 1.53. The number of nitrogens with zero attached hydrogens (tertiary/aromatic N) is 5. The molecule has 26 heavy (non-hydrogen) atoms. The van der Waals surface area contributed by atoms with Crippen LogP contribution in [0.15, 0.2) is 64.2 Å². The van der Waals surface area contributed by atoms with E-state index >= 15 is 0 Å². The van der Waals surface area contributed by atoms with Gasteiger partial charge in [0.2, 0.25) is 11.0 Å². The van der Waals surface area contributed by atoms with Crippen molar-refractivity contribution in [3.8, 4) is 17.1 Å². The van der Waals surface area contributed by atoms with Crippen LogP contribution in [0.4, 0.5) is 0 Å². The molecule has 6 nitrogen and oxygen atoms in total. The van der Waals surface area contributed by atoms with Crippen LogP contribution in [-0.2, 0) is 5.75 Å². The second kappa shape index (κ2) is 7.31. The fourth-order valence-electron chi connectivity index (χ4n) is 2.41. The quantitative estimate of drug-likeness (QED) is 0.470. The van der Waals surface area contributed by atoms with E-state index in [1.54, 1.807) is 16.8 Å². The maximum atomic E-state index is 5.94. The summed E-state index contributed by atoms with van der Waals surface area (Å²) in [5.74, 6) is 2.02. The SMILES string of the molecule is Cc1oc(-c2ccccc2)nc1CSc1nnnn1-c1ccc(Cl)cc1. The van der Waals surface area contributed by atoms with Crippen LogP contribution >= 0.6 is 23.4 Å². The van der Waals surface area contributed by atoms with Gasteiger partial charge in [-0.25, -0.2) is 4.98 Å². The first-order valence-electron chi connectivity index (χ1n) is 7.89. The van der Waals surface area contributed by atoms with Gasteiger partial charge in [-0.15, -0.1) is 5.10 Å². The highest BCUT2D eigenvalue weighted by molar-refractivity contribution is 7.98. The minimum absolute atomic E-state index is 0.607. The number of rotatable bonds is 5. The summed E-state index contributed by atoms with van der Waals surface area (Å²) in [5, 5.41) is 13.3. The van der Waals surface area contributed by atoms with E-state index in [9.17, 15) is 0 Å². The van der Waals surface area contributed by atoms with Gasteiger partial charge >= 0.3 is 0 Å². The Morgan fingerprint density at radius 1 is 1.08 bits per heavy atom. The van der Waals surface area contributed by atoms with E-state index in [1.165, 1.54) is 11.8 Å². The summed E-state index contributed by atoms with van der Waals surface area (Å²) in [4.78, 5) is 4.61. The zero-order chi connectivity index (χ0) is 17.9. The smallest absolute Gasteiger partial charge is 0.226 e. The van der Waals surface area contributed by atoms with Gasteiger partial charge in [0.1, 0.15) is 5.76 Å². The van der Waals surface area contributed by atoms with Crippen molar-refractivity contribution >= 4 is 23.4 Å². The molecular weight excluding hydrogens is 370 g/mol. The topological polar surface area (TPSA) is 69.6 Å². The summed E-state index contributed by atoms with van der Waals surface area (Å²) in [6, 6.07) is 17.2. The fraction of sp³-hybridized carbons (Fsp3) is 0.111. The highest BCUT2D eigenvalue weighted by atomic mass is 35.5. The lowest BCUT2D eigenvalue weighted by Crippen LogP contribution is -1.99. The standard InChI is InChI=1S/C18H14ClN5OS/c1-12-16(20-17(25-12)13-5-3-2-4-6-13)11-26-18-21-22-23-24(18)15-9-7-14(19)8-10-15/h2-10H,11H2,1H3. The number of hydrogen-bond donors (Lipinski definition) is 0. The van der Waals surface area contributed by atoms with Gasteiger partial charge < -0.3 is 4.42 Å². The van der Waals surface area contributed by atoms with Crippen molar-refractivity contribution in [2.45, 2.75) is 17.8 Å². The Morgan fingerprint density at radius 3 is 2.62 bits per heavy atom. The molecule has 2 aromatic heterocycles. The van der Waals surface area contributed by atoms with Crippen molar-refractivity contribution in [1.29, 1.82) is 0 Å². The summed E-state index contributed by atoms with van der Waals surface area (Å²) in [6.45, 7) is 1.91. The van der Waals surface area contributed by atoms with Gasteiger partial charge in [0, 0.05) is 16.3 Å². The van der Waals surface area contributed by atoms with Crippen molar-refractivity contribution in [2.24, 2.45) is 0 Å².